The normalized spacial score (nSPS) is 12.3. The van der Waals surface area contributed by atoms with E-state index in [-0.39, 0.29) is 6.54 Å². The van der Waals surface area contributed by atoms with Crippen LogP contribution in [0.15, 0.2) is 55.1 Å². The minimum atomic E-state index is -0.624. The lowest BCUT2D eigenvalue weighted by Gasteiger charge is -2.10. The van der Waals surface area contributed by atoms with E-state index >= 15 is 0 Å². The van der Waals surface area contributed by atoms with Gasteiger partial charge in [-0.2, -0.15) is 0 Å². The fraction of sp³-hybridized carbons (Fsp3) is 0.105. The smallest absolute Gasteiger partial charge is 0.222 e. The molecule has 3 aromatic heterocycles. The zero-order valence-corrected chi connectivity index (χ0v) is 14.7. The molecule has 0 bridgehead atoms. The lowest BCUT2D eigenvalue weighted by atomic mass is 10.1. The number of benzene rings is 1. The van der Waals surface area contributed by atoms with Crippen LogP contribution in [0.3, 0.4) is 0 Å². The SMILES string of the molecule is Fc1cc(F)cc(CNc2ncc(C(Cl)c3c[nH]c4ncccc34)cn2)c1. The van der Waals surface area contributed by atoms with Crippen molar-refractivity contribution in [2.45, 2.75) is 11.9 Å². The monoisotopic (exact) mass is 385 g/mol. The maximum Gasteiger partial charge on any atom is 0.222 e. The van der Waals surface area contributed by atoms with Gasteiger partial charge in [0.25, 0.3) is 0 Å². The molecule has 3 heterocycles. The maximum atomic E-state index is 13.2. The van der Waals surface area contributed by atoms with E-state index in [2.05, 4.69) is 25.3 Å². The van der Waals surface area contributed by atoms with Gasteiger partial charge in [0.15, 0.2) is 0 Å². The molecule has 0 amide bonds. The molecule has 2 N–H and O–H groups in total. The van der Waals surface area contributed by atoms with Crippen LogP contribution < -0.4 is 5.32 Å². The maximum absolute atomic E-state index is 13.2. The predicted octanol–water partition coefficient (Wildman–Crippen LogP) is 4.57. The molecule has 136 valence electrons. The molecular weight excluding hydrogens is 372 g/mol. The minimum Gasteiger partial charge on any atom is -0.350 e. The van der Waals surface area contributed by atoms with Gasteiger partial charge < -0.3 is 10.3 Å². The number of aromatic nitrogens is 4. The first-order valence-corrected chi connectivity index (χ1v) is 8.60. The van der Waals surface area contributed by atoms with Gasteiger partial charge in [0.1, 0.15) is 17.3 Å². The van der Waals surface area contributed by atoms with Crippen LogP contribution in [0.4, 0.5) is 14.7 Å². The topological polar surface area (TPSA) is 66.5 Å². The Balaban J connectivity index is 1.48. The van der Waals surface area contributed by atoms with Crippen LogP contribution in [-0.4, -0.2) is 19.9 Å². The molecule has 0 aliphatic carbocycles. The predicted molar refractivity (Wildman–Crippen MR) is 99.5 cm³/mol. The second kappa shape index (κ2) is 7.28. The number of anilines is 1. The van der Waals surface area contributed by atoms with Gasteiger partial charge in [-0.25, -0.2) is 23.7 Å². The number of nitrogens with zero attached hydrogens (tertiary/aromatic N) is 3. The highest BCUT2D eigenvalue weighted by Gasteiger charge is 2.16. The Labute approximate surface area is 158 Å². The molecule has 27 heavy (non-hydrogen) atoms. The second-order valence-corrected chi connectivity index (χ2v) is 6.41. The molecule has 8 heteroatoms. The highest BCUT2D eigenvalue weighted by atomic mass is 35.5. The Morgan fingerprint density at radius 2 is 1.81 bits per heavy atom. The molecule has 1 unspecified atom stereocenters. The molecule has 4 rings (SSSR count). The van der Waals surface area contributed by atoms with Crippen molar-refractivity contribution in [3.8, 4) is 0 Å². The lowest BCUT2D eigenvalue weighted by molar-refractivity contribution is 0.580. The number of alkyl halides is 1. The van der Waals surface area contributed by atoms with Gasteiger partial charge in [0.05, 0.1) is 5.38 Å². The third-order valence-corrected chi connectivity index (χ3v) is 4.58. The summed E-state index contributed by atoms with van der Waals surface area (Å²) in [5, 5.41) is 3.43. The summed E-state index contributed by atoms with van der Waals surface area (Å²) in [7, 11) is 0. The van der Waals surface area contributed by atoms with Crippen molar-refractivity contribution < 1.29 is 8.78 Å². The standard InChI is InChI=1S/C19H14ClF2N5/c20-17(16-10-24-18-15(16)2-1-3-23-18)12-8-26-19(27-9-12)25-7-11-4-13(21)6-14(22)5-11/h1-6,8-10,17H,7H2,(H,23,24)(H,25,26,27). The fourth-order valence-electron chi connectivity index (χ4n) is 2.82. The van der Waals surface area contributed by atoms with Gasteiger partial charge in [-0.15, -0.1) is 11.6 Å². The number of halogens is 3. The summed E-state index contributed by atoms with van der Waals surface area (Å²) < 4.78 is 26.4. The molecule has 0 aliphatic heterocycles. The fourth-order valence-corrected chi connectivity index (χ4v) is 3.11. The highest BCUT2D eigenvalue weighted by molar-refractivity contribution is 6.23. The minimum absolute atomic E-state index is 0.201. The number of pyridine rings is 1. The molecule has 5 nitrogen and oxygen atoms in total. The molecule has 0 saturated carbocycles. The molecular formula is C19H14ClF2N5. The van der Waals surface area contributed by atoms with E-state index in [4.69, 9.17) is 11.6 Å². The lowest BCUT2D eigenvalue weighted by Crippen LogP contribution is -2.05. The summed E-state index contributed by atoms with van der Waals surface area (Å²) in [6, 6.07) is 7.13. The van der Waals surface area contributed by atoms with Gasteiger partial charge in [0, 0.05) is 53.9 Å². The highest BCUT2D eigenvalue weighted by Crippen LogP contribution is 2.32. The van der Waals surface area contributed by atoms with E-state index in [0.29, 0.717) is 11.5 Å². The van der Waals surface area contributed by atoms with Crippen LogP contribution >= 0.6 is 11.6 Å². The van der Waals surface area contributed by atoms with Gasteiger partial charge in [-0.3, -0.25) is 0 Å². The van der Waals surface area contributed by atoms with E-state index < -0.39 is 17.0 Å². The Kier molecular flexibility index (Phi) is 4.68. The van der Waals surface area contributed by atoms with Gasteiger partial charge >= 0.3 is 0 Å². The van der Waals surface area contributed by atoms with Gasteiger partial charge in [0.2, 0.25) is 5.95 Å². The van der Waals surface area contributed by atoms with Crippen LogP contribution in [0, 0.1) is 11.6 Å². The molecule has 1 aromatic carbocycles. The van der Waals surface area contributed by atoms with Crippen molar-refractivity contribution in [3.63, 3.8) is 0 Å². The summed E-state index contributed by atoms with van der Waals surface area (Å²) in [5.41, 5.74) is 2.84. The Morgan fingerprint density at radius 1 is 1.07 bits per heavy atom. The summed E-state index contributed by atoms with van der Waals surface area (Å²) in [6.07, 6.45) is 6.77. The Morgan fingerprint density at radius 3 is 2.56 bits per heavy atom. The van der Waals surface area contributed by atoms with Crippen LogP contribution in [0.2, 0.25) is 0 Å². The number of hydrogen-bond acceptors (Lipinski definition) is 4. The zero-order valence-electron chi connectivity index (χ0n) is 14.0. The van der Waals surface area contributed by atoms with Gasteiger partial charge in [-0.05, 0) is 29.8 Å². The average molecular weight is 386 g/mol. The number of fused-ring (bicyclic) bond motifs is 1. The number of H-pyrrole nitrogens is 1. The largest absolute Gasteiger partial charge is 0.350 e. The zero-order chi connectivity index (χ0) is 18.8. The molecule has 1 atom stereocenters. The molecule has 0 saturated heterocycles. The van der Waals surface area contributed by atoms with E-state index in [1.165, 1.54) is 12.1 Å². The quantitative estimate of drug-likeness (QED) is 0.494. The van der Waals surface area contributed by atoms with Crippen molar-refractivity contribution >= 4 is 28.6 Å². The Bertz CT molecular complexity index is 1060. The number of hydrogen-bond donors (Lipinski definition) is 2. The first kappa shape index (κ1) is 17.4. The number of nitrogens with one attached hydrogen (secondary N) is 2. The van der Waals surface area contributed by atoms with E-state index in [1.807, 2.05) is 18.3 Å². The van der Waals surface area contributed by atoms with Crippen molar-refractivity contribution in [1.82, 2.24) is 19.9 Å². The van der Waals surface area contributed by atoms with E-state index in [0.717, 1.165) is 28.2 Å². The summed E-state index contributed by atoms with van der Waals surface area (Å²) in [6.45, 7) is 0.201. The Hall–Kier alpha value is -3.06. The molecule has 4 aromatic rings. The van der Waals surface area contributed by atoms with Gasteiger partial charge in [-0.1, -0.05) is 0 Å². The van der Waals surface area contributed by atoms with Crippen molar-refractivity contribution in [1.29, 1.82) is 0 Å². The van der Waals surface area contributed by atoms with Crippen molar-refractivity contribution in [2.75, 3.05) is 5.32 Å². The number of aromatic amines is 1. The van der Waals surface area contributed by atoms with Crippen LogP contribution in [0.25, 0.3) is 11.0 Å². The summed E-state index contributed by atoms with van der Waals surface area (Å²) in [5.74, 6) is -0.907. The third-order valence-electron chi connectivity index (χ3n) is 4.09. The summed E-state index contributed by atoms with van der Waals surface area (Å²) in [4.78, 5) is 15.8. The molecule has 0 aliphatic rings. The molecule has 0 radical (unpaired) electrons. The van der Waals surface area contributed by atoms with Crippen LogP contribution in [0.5, 0.6) is 0 Å². The molecule has 0 fully saturated rings. The van der Waals surface area contributed by atoms with Crippen LogP contribution in [0.1, 0.15) is 22.1 Å². The van der Waals surface area contributed by atoms with Crippen molar-refractivity contribution in [3.05, 3.63) is 83.4 Å². The average Bonchev–Trinajstić information content (AvgIpc) is 3.10. The third kappa shape index (κ3) is 3.73. The van der Waals surface area contributed by atoms with Crippen LogP contribution in [-0.2, 0) is 6.54 Å². The second-order valence-electron chi connectivity index (χ2n) is 5.98. The van der Waals surface area contributed by atoms with Crippen molar-refractivity contribution in [2.24, 2.45) is 0 Å². The molecule has 0 spiro atoms. The summed E-state index contributed by atoms with van der Waals surface area (Å²) >= 11 is 6.58. The first-order chi connectivity index (χ1) is 13.1. The van der Waals surface area contributed by atoms with E-state index in [9.17, 15) is 8.78 Å². The van der Waals surface area contributed by atoms with E-state index in [1.54, 1.807) is 18.6 Å². The first-order valence-electron chi connectivity index (χ1n) is 8.17. The number of rotatable bonds is 5.